The maximum absolute atomic E-state index is 9.68. The Morgan fingerprint density at radius 3 is 2.93 bits per heavy atom. The molecule has 1 aromatic rings. The lowest BCUT2D eigenvalue weighted by molar-refractivity contribution is 0.470. The number of nitrogens with one attached hydrogen (secondary N) is 1. The number of benzene rings is 1. The first-order chi connectivity index (χ1) is 7.00. The van der Waals surface area contributed by atoms with E-state index in [4.69, 9.17) is 5.73 Å². The molecule has 0 unspecified atom stereocenters. The highest BCUT2D eigenvalue weighted by atomic mass is 127. The van der Waals surface area contributed by atoms with E-state index in [9.17, 15) is 5.11 Å². The van der Waals surface area contributed by atoms with Crippen molar-refractivity contribution in [2.75, 3.05) is 0 Å². The number of hydrogen-bond acceptors (Lipinski definition) is 3. The largest absolute Gasteiger partial charge is 0.506 e. The van der Waals surface area contributed by atoms with Gasteiger partial charge in [0.1, 0.15) is 5.75 Å². The van der Waals surface area contributed by atoms with E-state index >= 15 is 0 Å². The Hall–Kier alpha value is -0.410. The lowest BCUT2D eigenvalue weighted by atomic mass is 10.2. The first-order valence-corrected chi connectivity index (χ1v) is 6.05. The van der Waals surface area contributed by atoms with Crippen molar-refractivity contribution in [2.24, 2.45) is 10.8 Å². The number of hydrogen-bond donors (Lipinski definition) is 3. The maximum atomic E-state index is 9.68. The van der Waals surface area contributed by atoms with E-state index in [0.29, 0.717) is 5.56 Å². The molecule has 0 radical (unpaired) electrons. The van der Waals surface area contributed by atoms with E-state index in [1.807, 2.05) is 22.6 Å². The molecule has 0 saturated heterocycles. The molecule has 0 heterocycles. The quantitative estimate of drug-likeness (QED) is 0.307. The first kappa shape index (κ1) is 12.7. The van der Waals surface area contributed by atoms with Crippen LogP contribution in [0.2, 0.25) is 0 Å². The summed E-state index contributed by atoms with van der Waals surface area (Å²) >= 11 is 9.92. The van der Waals surface area contributed by atoms with Gasteiger partial charge in [0, 0.05) is 10.0 Å². The van der Waals surface area contributed by atoms with E-state index in [1.165, 1.54) is 6.21 Å². The molecule has 0 spiro atoms. The van der Waals surface area contributed by atoms with Gasteiger partial charge in [0.25, 0.3) is 0 Å². The van der Waals surface area contributed by atoms with Crippen LogP contribution in [0.25, 0.3) is 0 Å². The van der Waals surface area contributed by atoms with Gasteiger partial charge < -0.3 is 10.8 Å². The fourth-order valence-corrected chi connectivity index (χ4v) is 2.45. The van der Waals surface area contributed by atoms with Crippen molar-refractivity contribution in [1.82, 2.24) is 5.43 Å². The zero-order chi connectivity index (χ0) is 11.4. The van der Waals surface area contributed by atoms with Crippen molar-refractivity contribution in [3.05, 3.63) is 25.7 Å². The zero-order valence-corrected chi connectivity index (χ0v) is 11.9. The predicted molar refractivity (Wildman–Crippen MR) is 76.0 cm³/mol. The molecule has 0 aliphatic rings. The fourth-order valence-electron chi connectivity index (χ4n) is 0.850. The number of thiocarbonyl (C=S) groups is 1. The Labute approximate surface area is 114 Å². The molecule has 0 amide bonds. The molecule has 80 valence electrons. The summed E-state index contributed by atoms with van der Waals surface area (Å²) in [6.45, 7) is 0. The molecule has 4 nitrogen and oxygen atoms in total. The SMILES string of the molecule is NC(=S)N/N=C\c1cc(Br)cc(I)c1O. The summed E-state index contributed by atoms with van der Waals surface area (Å²) in [5, 5.41) is 13.5. The van der Waals surface area contributed by atoms with Gasteiger partial charge in [-0.3, -0.25) is 5.43 Å². The summed E-state index contributed by atoms with van der Waals surface area (Å²) in [6.07, 6.45) is 1.45. The number of aromatic hydroxyl groups is 1. The highest BCUT2D eigenvalue weighted by Gasteiger charge is 2.04. The van der Waals surface area contributed by atoms with Crippen LogP contribution < -0.4 is 11.2 Å². The topological polar surface area (TPSA) is 70.6 Å². The van der Waals surface area contributed by atoms with Crippen LogP contribution in [0, 0.1) is 3.57 Å². The second-order valence-corrected chi connectivity index (χ2v) is 5.08. The van der Waals surface area contributed by atoms with E-state index in [2.05, 4.69) is 38.7 Å². The molecule has 1 aromatic carbocycles. The van der Waals surface area contributed by atoms with Gasteiger partial charge in [0.05, 0.1) is 9.78 Å². The summed E-state index contributed by atoms with van der Waals surface area (Å²) in [5.74, 6) is 0.173. The Morgan fingerprint density at radius 2 is 2.33 bits per heavy atom. The van der Waals surface area contributed by atoms with Crippen molar-refractivity contribution >= 4 is 62.1 Å². The molecule has 0 saturated carbocycles. The van der Waals surface area contributed by atoms with Crippen LogP contribution >= 0.6 is 50.7 Å². The molecule has 15 heavy (non-hydrogen) atoms. The van der Waals surface area contributed by atoms with Crippen LogP contribution in [-0.2, 0) is 0 Å². The first-order valence-electron chi connectivity index (χ1n) is 3.77. The lowest BCUT2D eigenvalue weighted by Crippen LogP contribution is -2.24. The smallest absolute Gasteiger partial charge is 0.184 e. The van der Waals surface area contributed by atoms with E-state index in [1.54, 1.807) is 12.1 Å². The van der Waals surface area contributed by atoms with Crippen LogP contribution in [0.5, 0.6) is 5.75 Å². The molecule has 0 atom stereocenters. The van der Waals surface area contributed by atoms with Gasteiger partial charge in [-0.1, -0.05) is 15.9 Å². The van der Waals surface area contributed by atoms with E-state index in [-0.39, 0.29) is 10.9 Å². The molecule has 0 aromatic heterocycles. The molecule has 0 aliphatic heterocycles. The number of phenolic OH excluding ortho intramolecular Hbond substituents is 1. The number of nitrogens with two attached hydrogens (primary N) is 1. The second-order valence-electron chi connectivity index (χ2n) is 2.56. The summed E-state index contributed by atoms with van der Waals surface area (Å²) in [4.78, 5) is 0. The summed E-state index contributed by atoms with van der Waals surface area (Å²) < 4.78 is 1.60. The lowest BCUT2D eigenvalue weighted by Gasteiger charge is -2.02. The molecule has 0 bridgehead atoms. The Morgan fingerprint density at radius 1 is 1.67 bits per heavy atom. The Kier molecular flexibility index (Phi) is 4.74. The van der Waals surface area contributed by atoms with Crippen LogP contribution in [0.3, 0.4) is 0 Å². The van der Waals surface area contributed by atoms with Crippen LogP contribution in [0.15, 0.2) is 21.7 Å². The van der Waals surface area contributed by atoms with E-state index < -0.39 is 0 Å². The monoisotopic (exact) mass is 399 g/mol. The standard InChI is InChI=1S/C8H7BrIN3OS/c9-5-1-4(3-12-13-8(11)15)7(14)6(10)2-5/h1-3,14H,(H3,11,13,15)/b12-3-. The molecular formula is C8H7BrIN3OS. The molecule has 0 aliphatic carbocycles. The minimum atomic E-state index is 0.0791. The Bertz CT molecular complexity index is 425. The van der Waals surface area contributed by atoms with E-state index in [0.717, 1.165) is 8.04 Å². The average Bonchev–Trinajstić information content (AvgIpc) is 2.12. The van der Waals surface area contributed by atoms with Gasteiger partial charge in [-0.2, -0.15) is 5.10 Å². The van der Waals surface area contributed by atoms with Crippen molar-refractivity contribution in [2.45, 2.75) is 0 Å². The minimum Gasteiger partial charge on any atom is -0.506 e. The third-order valence-corrected chi connectivity index (χ3v) is 2.81. The number of halogens is 2. The number of rotatable bonds is 2. The number of hydrazone groups is 1. The van der Waals surface area contributed by atoms with Crippen LogP contribution in [-0.4, -0.2) is 16.4 Å². The van der Waals surface area contributed by atoms with Crippen molar-refractivity contribution in [3.8, 4) is 5.75 Å². The summed E-state index contributed by atoms with van der Waals surface area (Å²) in [5.41, 5.74) is 8.18. The predicted octanol–water partition coefficient (Wildman–Crippen LogP) is 1.93. The van der Waals surface area contributed by atoms with Gasteiger partial charge in [-0.25, -0.2) is 0 Å². The van der Waals surface area contributed by atoms with Crippen molar-refractivity contribution in [1.29, 1.82) is 0 Å². The van der Waals surface area contributed by atoms with Crippen molar-refractivity contribution < 1.29 is 5.11 Å². The molecule has 7 heteroatoms. The van der Waals surface area contributed by atoms with Gasteiger partial charge >= 0.3 is 0 Å². The van der Waals surface area contributed by atoms with Gasteiger partial charge in [0.15, 0.2) is 5.11 Å². The second kappa shape index (κ2) is 5.61. The zero-order valence-electron chi connectivity index (χ0n) is 7.37. The minimum absolute atomic E-state index is 0.0791. The molecule has 0 fully saturated rings. The molecular weight excluding hydrogens is 393 g/mol. The van der Waals surface area contributed by atoms with Crippen LogP contribution in [0.4, 0.5) is 0 Å². The Balaban J connectivity index is 2.94. The summed E-state index contributed by atoms with van der Waals surface area (Å²) in [7, 11) is 0. The molecule has 1 rings (SSSR count). The van der Waals surface area contributed by atoms with Gasteiger partial charge in [-0.15, -0.1) is 0 Å². The highest BCUT2D eigenvalue weighted by Crippen LogP contribution is 2.27. The maximum Gasteiger partial charge on any atom is 0.184 e. The third kappa shape index (κ3) is 3.92. The summed E-state index contributed by atoms with van der Waals surface area (Å²) in [6, 6.07) is 3.54. The normalized spacial score (nSPS) is 10.5. The van der Waals surface area contributed by atoms with Gasteiger partial charge in [-0.05, 0) is 46.9 Å². The third-order valence-electron chi connectivity index (χ3n) is 1.44. The van der Waals surface area contributed by atoms with Crippen molar-refractivity contribution in [3.63, 3.8) is 0 Å². The number of nitrogens with zero attached hydrogens (tertiary/aromatic N) is 1. The average molecular weight is 400 g/mol. The number of phenols is 1. The highest BCUT2D eigenvalue weighted by molar-refractivity contribution is 14.1. The molecule has 4 N–H and O–H groups in total. The van der Waals surface area contributed by atoms with Gasteiger partial charge in [0.2, 0.25) is 0 Å². The van der Waals surface area contributed by atoms with Crippen LogP contribution in [0.1, 0.15) is 5.56 Å². The fraction of sp³-hybridized carbons (Fsp3) is 0.